The van der Waals surface area contributed by atoms with E-state index in [1.165, 1.54) is 34.8 Å². The van der Waals surface area contributed by atoms with Gasteiger partial charge in [0.15, 0.2) is 0 Å². The Kier molecular flexibility index (Phi) is 4.73. The molecule has 130 valence electrons. The van der Waals surface area contributed by atoms with E-state index in [0.717, 1.165) is 15.2 Å². The number of hydrogen-bond donors (Lipinski definition) is 0. The average molecular weight is 384 g/mol. The molecule has 0 aliphatic rings. The lowest BCUT2D eigenvalue weighted by Gasteiger charge is -2.00. The van der Waals surface area contributed by atoms with Crippen molar-refractivity contribution in [2.75, 3.05) is 0 Å². The molecule has 0 radical (unpaired) electrons. The van der Waals surface area contributed by atoms with Gasteiger partial charge in [0, 0.05) is 10.9 Å². The zero-order valence-corrected chi connectivity index (χ0v) is 15.1. The van der Waals surface area contributed by atoms with Crippen molar-refractivity contribution in [1.82, 2.24) is 9.97 Å². The van der Waals surface area contributed by atoms with Crippen molar-refractivity contribution in [2.24, 2.45) is 0 Å². The summed E-state index contributed by atoms with van der Waals surface area (Å²) in [4.78, 5) is 20.9. The summed E-state index contributed by atoms with van der Waals surface area (Å²) in [6.07, 6.45) is 0.0801. The van der Waals surface area contributed by atoms with Gasteiger partial charge < -0.3 is 4.74 Å². The molecule has 4 nitrogen and oxygen atoms in total. The highest BCUT2D eigenvalue weighted by atomic mass is 32.1. The fraction of sp³-hybridized carbons (Fsp3) is 0.105. The molecule has 2 aromatic carbocycles. The van der Waals surface area contributed by atoms with E-state index < -0.39 is 0 Å². The van der Waals surface area contributed by atoms with Crippen molar-refractivity contribution in [2.45, 2.75) is 13.0 Å². The number of halogens is 1. The standard InChI is InChI=1S/C19H13FN2O2S2/c20-13-5-3-4-12(8-13)19-21-14(11-25-19)9-18(23)24-10-17-22-15-6-1-2-7-16(15)26-17/h1-8,11H,9-10H2. The average Bonchev–Trinajstić information content (AvgIpc) is 3.26. The third-order valence-corrected chi connectivity index (χ3v) is 5.59. The number of para-hydroxylation sites is 1. The largest absolute Gasteiger partial charge is 0.458 e. The smallest absolute Gasteiger partial charge is 0.312 e. The van der Waals surface area contributed by atoms with Crippen molar-refractivity contribution >= 4 is 38.9 Å². The molecule has 7 heteroatoms. The number of carbonyl (C=O) groups is 1. The van der Waals surface area contributed by atoms with E-state index in [0.29, 0.717) is 16.3 Å². The minimum Gasteiger partial charge on any atom is -0.458 e. The minimum absolute atomic E-state index is 0.0801. The maximum Gasteiger partial charge on any atom is 0.312 e. The van der Waals surface area contributed by atoms with Crippen LogP contribution >= 0.6 is 22.7 Å². The summed E-state index contributed by atoms with van der Waals surface area (Å²) in [5.41, 5.74) is 2.22. The molecule has 4 rings (SSSR count). The number of benzene rings is 2. The fourth-order valence-corrected chi connectivity index (χ4v) is 4.16. The lowest BCUT2D eigenvalue weighted by Crippen LogP contribution is -2.08. The summed E-state index contributed by atoms with van der Waals surface area (Å²) in [7, 11) is 0. The molecule has 0 N–H and O–H groups in total. The maximum absolute atomic E-state index is 13.3. The number of carbonyl (C=O) groups excluding carboxylic acids is 1. The van der Waals surface area contributed by atoms with Crippen LogP contribution in [0.25, 0.3) is 20.8 Å². The molecule has 0 spiro atoms. The predicted octanol–water partition coefficient (Wildman–Crippen LogP) is 4.84. The summed E-state index contributed by atoms with van der Waals surface area (Å²) < 4.78 is 19.7. The molecule has 2 heterocycles. The monoisotopic (exact) mass is 384 g/mol. The fourth-order valence-electron chi connectivity index (χ4n) is 2.47. The Labute approximate surface area is 156 Å². The molecule has 2 aromatic heterocycles. The van der Waals surface area contributed by atoms with Crippen LogP contribution in [0.2, 0.25) is 0 Å². The molecular weight excluding hydrogens is 371 g/mol. The molecule has 0 saturated carbocycles. The molecular formula is C19H13FN2O2S2. The first-order valence-corrected chi connectivity index (χ1v) is 9.57. The van der Waals surface area contributed by atoms with Gasteiger partial charge in [0.05, 0.1) is 22.3 Å². The Morgan fingerprint density at radius 2 is 2.00 bits per heavy atom. The topological polar surface area (TPSA) is 52.1 Å². The number of ether oxygens (including phenoxy) is 1. The second-order valence-electron chi connectivity index (χ2n) is 5.57. The Hall–Kier alpha value is -2.64. The third kappa shape index (κ3) is 3.79. The maximum atomic E-state index is 13.3. The number of nitrogens with zero attached hydrogens (tertiary/aromatic N) is 2. The molecule has 0 aliphatic carbocycles. The first-order chi connectivity index (χ1) is 12.7. The lowest BCUT2D eigenvalue weighted by molar-refractivity contribution is -0.144. The van der Waals surface area contributed by atoms with Crippen LogP contribution in [0.3, 0.4) is 0 Å². The van der Waals surface area contributed by atoms with Crippen LogP contribution < -0.4 is 0 Å². The Bertz CT molecular complexity index is 1040. The quantitative estimate of drug-likeness (QED) is 0.462. The summed E-state index contributed by atoms with van der Waals surface area (Å²) in [6, 6.07) is 14.0. The van der Waals surface area contributed by atoms with Crippen molar-refractivity contribution in [1.29, 1.82) is 0 Å². The zero-order valence-electron chi connectivity index (χ0n) is 13.5. The highest BCUT2D eigenvalue weighted by molar-refractivity contribution is 7.18. The zero-order chi connectivity index (χ0) is 17.9. The molecule has 4 aromatic rings. The third-order valence-electron chi connectivity index (χ3n) is 3.64. The summed E-state index contributed by atoms with van der Waals surface area (Å²) in [5, 5.41) is 3.23. The van der Waals surface area contributed by atoms with E-state index in [1.807, 2.05) is 24.3 Å². The van der Waals surface area contributed by atoms with Crippen LogP contribution in [0, 0.1) is 5.82 Å². The van der Waals surface area contributed by atoms with Crippen LogP contribution in [0.5, 0.6) is 0 Å². The normalized spacial score (nSPS) is 11.0. The first-order valence-electron chi connectivity index (χ1n) is 7.88. The molecule has 0 saturated heterocycles. The first kappa shape index (κ1) is 16.8. The van der Waals surface area contributed by atoms with Gasteiger partial charge in [-0.3, -0.25) is 4.79 Å². The highest BCUT2D eigenvalue weighted by Crippen LogP contribution is 2.25. The van der Waals surface area contributed by atoms with E-state index >= 15 is 0 Å². The Morgan fingerprint density at radius 3 is 2.85 bits per heavy atom. The predicted molar refractivity (Wildman–Crippen MR) is 101 cm³/mol. The number of aromatic nitrogens is 2. The minimum atomic E-state index is -0.361. The van der Waals surface area contributed by atoms with Crippen molar-refractivity contribution in [3.8, 4) is 10.6 Å². The van der Waals surface area contributed by atoms with E-state index in [9.17, 15) is 9.18 Å². The van der Waals surface area contributed by atoms with Gasteiger partial charge in [-0.05, 0) is 24.3 Å². The summed E-state index contributed by atoms with van der Waals surface area (Å²) in [6.45, 7) is 0.152. The molecule has 0 unspecified atom stereocenters. The van der Waals surface area contributed by atoms with Crippen LogP contribution in [0.4, 0.5) is 4.39 Å². The van der Waals surface area contributed by atoms with Crippen LogP contribution in [0.15, 0.2) is 53.9 Å². The number of rotatable bonds is 5. The van der Waals surface area contributed by atoms with Crippen LogP contribution in [-0.2, 0) is 22.6 Å². The molecule has 0 amide bonds. The number of esters is 1. The van der Waals surface area contributed by atoms with Gasteiger partial charge in [-0.2, -0.15) is 0 Å². The Morgan fingerprint density at radius 1 is 1.12 bits per heavy atom. The SMILES string of the molecule is O=C(Cc1csc(-c2cccc(F)c2)n1)OCc1nc2ccccc2s1. The summed E-state index contributed by atoms with van der Waals surface area (Å²) in [5.74, 6) is -0.671. The van der Waals surface area contributed by atoms with Gasteiger partial charge in [-0.25, -0.2) is 14.4 Å². The van der Waals surface area contributed by atoms with Crippen LogP contribution in [0.1, 0.15) is 10.7 Å². The van der Waals surface area contributed by atoms with E-state index in [-0.39, 0.29) is 24.8 Å². The van der Waals surface area contributed by atoms with Crippen molar-refractivity contribution < 1.29 is 13.9 Å². The summed E-state index contributed by atoms with van der Waals surface area (Å²) >= 11 is 2.89. The van der Waals surface area contributed by atoms with Gasteiger partial charge >= 0.3 is 5.97 Å². The molecule has 0 fully saturated rings. The van der Waals surface area contributed by atoms with E-state index in [2.05, 4.69) is 9.97 Å². The van der Waals surface area contributed by atoms with Gasteiger partial charge in [0.1, 0.15) is 22.4 Å². The molecule has 0 bridgehead atoms. The van der Waals surface area contributed by atoms with Crippen molar-refractivity contribution in [3.63, 3.8) is 0 Å². The Balaban J connectivity index is 1.37. The van der Waals surface area contributed by atoms with Gasteiger partial charge in [0.25, 0.3) is 0 Å². The van der Waals surface area contributed by atoms with Gasteiger partial charge in [0.2, 0.25) is 0 Å². The molecule has 0 aliphatic heterocycles. The molecule has 0 atom stereocenters. The van der Waals surface area contributed by atoms with Gasteiger partial charge in [-0.1, -0.05) is 24.3 Å². The van der Waals surface area contributed by atoms with E-state index in [4.69, 9.17) is 4.74 Å². The van der Waals surface area contributed by atoms with Crippen molar-refractivity contribution in [3.05, 3.63) is 70.4 Å². The second-order valence-corrected chi connectivity index (χ2v) is 7.54. The highest BCUT2D eigenvalue weighted by Gasteiger charge is 2.12. The lowest BCUT2D eigenvalue weighted by atomic mass is 10.2. The number of fused-ring (bicyclic) bond motifs is 1. The number of thiazole rings is 2. The molecule has 26 heavy (non-hydrogen) atoms. The van der Waals surface area contributed by atoms with E-state index in [1.54, 1.807) is 17.5 Å². The van der Waals surface area contributed by atoms with Gasteiger partial charge in [-0.15, -0.1) is 22.7 Å². The second kappa shape index (κ2) is 7.31. The van der Waals surface area contributed by atoms with Crippen LogP contribution in [-0.4, -0.2) is 15.9 Å². The number of hydrogen-bond acceptors (Lipinski definition) is 6.